The van der Waals surface area contributed by atoms with Crippen LogP contribution in [0, 0.1) is 23.1 Å². The van der Waals surface area contributed by atoms with Crippen LogP contribution in [0.2, 0.25) is 0 Å². The summed E-state index contributed by atoms with van der Waals surface area (Å²) in [5, 5.41) is 5.80. The summed E-state index contributed by atoms with van der Waals surface area (Å²) in [6.07, 6.45) is 5.52. The Kier molecular flexibility index (Phi) is 9.25. The van der Waals surface area contributed by atoms with Gasteiger partial charge in [0.1, 0.15) is 11.4 Å². The van der Waals surface area contributed by atoms with Gasteiger partial charge in [0, 0.05) is 24.1 Å². The maximum atomic E-state index is 14.9. The zero-order valence-electron chi connectivity index (χ0n) is 23.9. The van der Waals surface area contributed by atoms with Crippen LogP contribution >= 0.6 is 0 Å². The minimum Gasteiger partial charge on any atom is -0.496 e. The van der Waals surface area contributed by atoms with Gasteiger partial charge in [-0.05, 0) is 78.2 Å². The number of hydrogen-bond donors (Lipinski definition) is 2. The van der Waals surface area contributed by atoms with E-state index in [0.717, 1.165) is 25.3 Å². The van der Waals surface area contributed by atoms with E-state index in [9.17, 15) is 23.2 Å². The molecule has 2 unspecified atom stereocenters. The quantitative estimate of drug-likeness (QED) is 0.393. The van der Waals surface area contributed by atoms with Gasteiger partial charge in [0.25, 0.3) is 5.91 Å². The van der Waals surface area contributed by atoms with Crippen molar-refractivity contribution in [2.24, 2.45) is 17.3 Å². The number of amides is 2. The van der Waals surface area contributed by atoms with Gasteiger partial charge in [-0.3, -0.25) is 18.8 Å². The van der Waals surface area contributed by atoms with Crippen LogP contribution < -0.4 is 20.1 Å². The van der Waals surface area contributed by atoms with Crippen LogP contribution in [0.4, 0.5) is 8.78 Å². The van der Waals surface area contributed by atoms with Crippen molar-refractivity contribution in [3.63, 3.8) is 0 Å². The molecule has 2 amide bonds. The molecule has 0 radical (unpaired) electrons. The molecule has 0 aromatic heterocycles. The lowest BCUT2D eigenvalue weighted by Crippen LogP contribution is -2.45. The van der Waals surface area contributed by atoms with E-state index in [1.807, 2.05) is 20.8 Å². The van der Waals surface area contributed by atoms with Crippen LogP contribution in [-0.4, -0.2) is 55.9 Å². The maximum Gasteiger partial charge on any atom is 0.309 e. The van der Waals surface area contributed by atoms with Gasteiger partial charge < -0.3 is 24.8 Å². The Morgan fingerprint density at radius 2 is 1.73 bits per heavy atom. The SMILES string of the molecule is COc1cc(F)c(OC2CCC(C(=O)OC(C)(C)C)CC2)cc1C(=O)NC1CCCC1C(=O)NCC1(CF)CC1. The Balaban J connectivity index is 1.37. The predicted molar refractivity (Wildman–Crippen MR) is 144 cm³/mol. The van der Waals surface area contributed by atoms with Gasteiger partial charge in [0.15, 0.2) is 11.6 Å². The van der Waals surface area contributed by atoms with Crippen LogP contribution in [-0.2, 0) is 14.3 Å². The number of carbonyl (C=O) groups excluding carboxylic acids is 3. The highest BCUT2D eigenvalue weighted by atomic mass is 19.1. The average Bonchev–Trinajstić information content (AvgIpc) is 3.56. The first kappa shape index (κ1) is 30.1. The van der Waals surface area contributed by atoms with Gasteiger partial charge in [-0.2, -0.15) is 0 Å². The van der Waals surface area contributed by atoms with Gasteiger partial charge in [-0.1, -0.05) is 6.42 Å². The molecule has 0 heterocycles. The smallest absolute Gasteiger partial charge is 0.309 e. The van der Waals surface area contributed by atoms with Gasteiger partial charge in [-0.25, -0.2) is 4.39 Å². The number of hydrogen-bond acceptors (Lipinski definition) is 6. The Morgan fingerprint density at radius 3 is 2.33 bits per heavy atom. The van der Waals surface area contributed by atoms with E-state index < -0.39 is 41.4 Å². The summed E-state index contributed by atoms with van der Waals surface area (Å²) in [7, 11) is 1.36. The van der Waals surface area contributed by atoms with E-state index in [2.05, 4.69) is 10.6 Å². The van der Waals surface area contributed by atoms with Gasteiger partial charge in [0.05, 0.1) is 37.3 Å². The summed E-state index contributed by atoms with van der Waals surface area (Å²) >= 11 is 0. The first-order valence-corrected chi connectivity index (χ1v) is 14.4. The van der Waals surface area contributed by atoms with E-state index in [1.165, 1.54) is 13.2 Å². The average molecular weight is 565 g/mol. The number of halogens is 2. The zero-order chi connectivity index (χ0) is 29.1. The molecule has 3 fully saturated rings. The van der Waals surface area contributed by atoms with E-state index in [4.69, 9.17) is 14.2 Å². The lowest BCUT2D eigenvalue weighted by molar-refractivity contribution is -0.161. The number of alkyl halides is 1. The van der Waals surface area contributed by atoms with Crippen molar-refractivity contribution in [3.05, 3.63) is 23.5 Å². The van der Waals surface area contributed by atoms with Crippen molar-refractivity contribution < 1.29 is 37.4 Å². The van der Waals surface area contributed by atoms with Gasteiger partial charge >= 0.3 is 5.97 Å². The number of methoxy groups -OCH3 is 1. The number of benzene rings is 1. The van der Waals surface area contributed by atoms with Gasteiger partial charge in [0.2, 0.25) is 5.91 Å². The number of rotatable bonds is 10. The predicted octanol–water partition coefficient (Wildman–Crippen LogP) is 4.88. The third-order valence-corrected chi connectivity index (χ3v) is 8.25. The van der Waals surface area contributed by atoms with E-state index in [1.54, 1.807) is 0 Å². The molecule has 2 N–H and O–H groups in total. The molecule has 0 spiro atoms. The van der Waals surface area contributed by atoms with Crippen molar-refractivity contribution in [3.8, 4) is 11.5 Å². The molecule has 0 saturated heterocycles. The molecule has 40 heavy (non-hydrogen) atoms. The summed E-state index contributed by atoms with van der Waals surface area (Å²) < 4.78 is 44.9. The third-order valence-electron chi connectivity index (χ3n) is 8.25. The van der Waals surface area contributed by atoms with E-state index in [-0.39, 0.29) is 41.0 Å². The fourth-order valence-electron chi connectivity index (χ4n) is 5.59. The summed E-state index contributed by atoms with van der Waals surface area (Å²) in [6.45, 7) is 5.36. The second kappa shape index (κ2) is 12.3. The molecule has 0 bridgehead atoms. The highest BCUT2D eigenvalue weighted by Crippen LogP contribution is 2.45. The second-order valence-electron chi connectivity index (χ2n) is 12.6. The highest BCUT2D eigenvalue weighted by molar-refractivity contribution is 5.98. The molecule has 4 rings (SSSR count). The standard InChI is InChI=1S/C30H42F2N2O6/c1-29(2,3)40-28(37)18-8-10-19(11-9-18)39-25-14-21(24(38-4)15-22(25)32)27(36)34-23-7-5-6-20(23)26(35)33-17-30(16-31)12-13-30/h14-15,18-20,23H,5-13,16-17H2,1-4H3,(H,33,35)(H,34,36). The molecule has 1 aromatic carbocycles. The Morgan fingerprint density at radius 1 is 1.02 bits per heavy atom. The van der Waals surface area contributed by atoms with Crippen LogP contribution in [0.5, 0.6) is 11.5 Å². The lowest BCUT2D eigenvalue weighted by atomic mass is 9.87. The summed E-state index contributed by atoms with van der Waals surface area (Å²) in [6, 6.07) is 2.07. The number of nitrogens with one attached hydrogen (secondary N) is 2. The molecule has 222 valence electrons. The number of ether oxygens (including phenoxy) is 3. The van der Waals surface area contributed by atoms with Crippen LogP contribution in [0.3, 0.4) is 0 Å². The molecule has 8 nitrogen and oxygen atoms in total. The molecular formula is C30H42F2N2O6. The Hall–Kier alpha value is -2.91. The molecule has 3 aliphatic carbocycles. The molecule has 3 aliphatic rings. The molecule has 1 aromatic rings. The Labute approximate surface area is 234 Å². The first-order chi connectivity index (χ1) is 18.9. The lowest BCUT2D eigenvalue weighted by Gasteiger charge is -2.30. The van der Waals surface area contributed by atoms with Crippen molar-refractivity contribution in [1.82, 2.24) is 10.6 Å². The maximum absolute atomic E-state index is 14.9. The van der Waals surface area contributed by atoms with Crippen LogP contribution in [0.25, 0.3) is 0 Å². The number of carbonyl (C=O) groups is 3. The normalized spacial score (nSPS) is 25.6. The fraction of sp³-hybridized carbons (Fsp3) is 0.700. The highest BCUT2D eigenvalue weighted by Gasteiger charge is 2.44. The molecule has 0 aliphatic heterocycles. The summed E-state index contributed by atoms with van der Waals surface area (Å²) in [5.41, 5.74) is -0.855. The molecule has 3 saturated carbocycles. The van der Waals surface area contributed by atoms with Crippen molar-refractivity contribution in [1.29, 1.82) is 0 Å². The zero-order valence-corrected chi connectivity index (χ0v) is 23.9. The molecular weight excluding hydrogens is 522 g/mol. The van der Waals surface area contributed by atoms with Crippen molar-refractivity contribution in [2.45, 2.75) is 96.3 Å². The van der Waals surface area contributed by atoms with Crippen molar-refractivity contribution in [2.75, 3.05) is 20.3 Å². The Bertz CT molecular complexity index is 1090. The summed E-state index contributed by atoms with van der Waals surface area (Å²) in [5.74, 6) is -2.17. The fourth-order valence-corrected chi connectivity index (χ4v) is 5.59. The third kappa shape index (κ3) is 7.43. The number of esters is 1. The molecule has 2 atom stereocenters. The topological polar surface area (TPSA) is 103 Å². The van der Waals surface area contributed by atoms with Crippen LogP contribution in [0.15, 0.2) is 12.1 Å². The molecule has 10 heteroatoms. The van der Waals surface area contributed by atoms with E-state index in [0.29, 0.717) is 45.1 Å². The van der Waals surface area contributed by atoms with Gasteiger partial charge in [-0.15, -0.1) is 0 Å². The monoisotopic (exact) mass is 564 g/mol. The minimum atomic E-state index is -0.650. The largest absolute Gasteiger partial charge is 0.496 e. The summed E-state index contributed by atoms with van der Waals surface area (Å²) in [4.78, 5) is 38.5. The van der Waals surface area contributed by atoms with Crippen molar-refractivity contribution >= 4 is 17.8 Å². The van der Waals surface area contributed by atoms with Crippen LogP contribution in [0.1, 0.15) is 88.9 Å². The van der Waals surface area contributed by atoms with E-state index >= 15 is 0 Å². The minimum absolute atomic E-state index is 0.0617. The second-order valence-corrected chi connectivity index (χ2v) is 12.6. The first-order valence-electron chi connectivity index (χ1n) is 14.4.